The predicted molar refractivity (Wildman–Crippen MR) is 107 cm³/mol. The van der Waals surface area contributed by atoms with E-state index in [1.165, 1.54) is 23.1 Å². The minimum Gasteiger partial charge on any atom is -0.491 e. The summed E-state index contributed by atoms with van der Waals surface area (Å²) in [7, 11) is 0. The molecule has 0 radical (unpaired) electrons. The standard InChI is InChI=1S/C19H17N3O3S2/c1-2-8-22-18(24)17-16(7-9-26-17)21-19(22)27-12-14(23)11-25-15-5-3-13(10-20)4-6-15/h2-7,9,14,23H,1,8,11-12H2. The molecule has 0 aliphatic rings. The lowest BCUT2D eigenvalue weighted by Gasteiger charge is -2.14. The number of benzene rings is 1. The van der Waals surface area contributed by atoms with Gasteiger partial charge in [0.25, 0.3) is 5.56 Å². The lowest BCUT2D eigenvalue weighted by atomic mass is 10.2. The molecule has 138 valence electrons. The quantitative estimate of drug-likeness (QED) is 0.356. The van der Waals surface area contributed by atoms with Gasteiger partial charge in [0.15, 0.2) is 5.16 Å². The maximum absolute atomic E-state index is 12.6. The van der Waals surface area contributed by atoms with Crippen LogP contribution in [0.15, 0.2) is 58.3 Å². The number of aromatic nitrogens is 2. The third-order valence-electron chi connectivity index (χ3n) is 3.67. The van der Waals surface area contributed by atoms with Crippen LogP contribution in [0.5, 0.6) is 5.75 Å². The van der Waals surface area contributed by atoms with Crippen molar-refractivity contribution in [2.45, 2.75) is 17.8 Å². The van der Waals surface area contributed by atoms with Gasteiger partial charge in [0.05, 0.1) is 23.3 Å². The van der Waals surface area contributed by atoms with Crippen LogP contribution in [0, 0.1) is 11.3 Å². The van der Waals surface area contributed by atoms with Gasteiger partial charge in [0, 0.05) is 12.3 Å². The van der Waals surface area contributed by atoms with Crippen LogP contribution in [0.4, 0.5) is 0 Å². The van der Waals surface area contributed by atoms with E-state index >= 15 is 0 Å². The molecule has 1 N–H and O–H groups in total. The van der Waals surface area contributed by atoms with E-state index in [1.54, 1.807) is 34.9 Å². The van der Waals surface area contributed by atoms with Crippen molar-refractivity contribution in [1.82, 2.24) is 9.55 Å². The average molecular weight is 399 g/mol. The van der Waals surface area contributed by atoms with Gasteiger partial charge in [0.2, 0.25) is 0 Å². The zero-order valence-electron chi connectivity index (χ0n) is 14.4. The van der Waals surface area contributed by atoms with Crippen molar-refractivity contribution < 1.29 is 9.84 Å². The molecule has 0 fully saturated rings. The van der Waals surface area contributed by atoms with E-state index in [2.05, 4.69) is 11.6 Å². The molecule has 0 saturated carbocycles. The maximum atomic E-state index is 12.6. The van der Waals surface area contributed by atoms with Gasteiger partial charge in [-0.1, -0.05) is 17.8 Å². The molecule has 3 aromatic rings. The molecule has 8 heteroatoms. The van der Waals surface area contributed by atoms with Crippen LogP contribution in [0.3, 0.4) is 0 Å². The summed E-state index contributed by atoms with van der Waals surface area (Å²) >= 11 is 2.67. The number of hydrogen-bond acceptors (Lipinski definition) is 7. The third-order valence-corrected chi connectivity index (χ3v) is 5.69. The number of nitriles is 1. The van der Waals surface area contributed by atoms with Crippen molar-refractivity contribution in [3.8, 4) is 11.8 Å². The second-order valence-electron chi connectivity index (χ2n) is 5.65. The van der Waals surface area contributed by atoms with Gasteiger partial charge in [0.1, 0.15) is 17.1 Å². The monoisotopic (exact) mass is 399 g/mol. The Labute approximate surface area is 164 Å². The first-order valence-corrected chi connectivity index (χ1v) is 10.0. The molecule has 0 saturated heterocycles. The van der Waals surface area contributed by atoms with Crippen LogP contribution in [-0.4, -0.2) is 33.1 Å². The molecule has 0 aliphatic heterocycles. The molecule has 27 heavy (non-hydrogen) atoms. The van der Waals surface area contributed by atoms with Crippen molar-refractivity contribution in [2.24, 2.45) is 0 Å². The Balaban J connectivity index is 1.64. The number of thioether (sulfide) groups is 1. The molecule has 0 spiro atoms. The number of fused-ring (bicyclic) bond motifs is 1. The number of nitrogens with zero attached hydrogens (tertiary/aromatic N) is 3. The highest BCUT2D eigenvalue weighted by Crippen LogP contribution is 2.22. The smallest absolute Gasteiger partial charge is 0.272 e. The lowest BCUT2D eigenvalue weighted by Crippen LogP contribution is -2.24. The highest BCUT2D eigenvalue weighted by molar-refractivity contribution is 7.99. The number of allylic oxidation sites excluding steroid dienone is 1. The Morgan fingerprint density at radius 2 is 2.19 bits per heavy atom. The molecule has 0 bridgehead atoms. The summed E-state index contributed by atoms with van der Waals surface area (Å²) in [4.78, 5) is 17.1. The van der Waals surface area contributed by atoms with Gasteiger partial charge < -0.3 is 9.84 Å². The second-order valence-corrected chi connectivity index (χ2v) is 7.55. The maximum Gasteiger partial charge on any atom is 0.272 e. The van der Waals surface area contributed by atoms with Gasteiger partial charge in [-0.3, -0.25) is 9.36 Å². The minimum absolute atomic E-state index is 0.0966. The van der Waals surface area contributed by atoms with Crippen LogP contribution >= 0.6 is 23.1 Å². The number of hydrogen-bond donors (Lipinski definition) is 1. The van der Waals surface area contributed by atoms with E-state index in [4.69, 9.17) is 10.00 Å². The molecule has 2 aromatic heterocycles. The Bertz CT molecular complexity index is 1040. The number of thiophene rings is 1. The predicted octanol–water partition coefficient (Wildman–Crippen LogP) is 3.05. The van der Waals surface area contributed by atoms with Crippen LogP contribution in [0.25, 0.3) is 10.2 Å². The van der Waals surface area contributed by atoms with Crippen LogP contribution in [-0.2, 0) is 6.54 Å². The fourth-order valence-corrected chi connectivity index (χ4v) is 4.05. The van der Waals surface area contributed by atoms with E-state index < -0.39 is 6.10 Å². The highest BCUT2D eigenvalue weighted by atomic mass is 32.2. The molecule has 2 heterocycles. The van der Waals surface area contributed by atoms with Gasteiger partial charge in [-0.05, 0) is 35.7 Å². The number of aliphatic hydroxyl groups is 1. The largest absolute Gasteiger partial charge is 0.491 e. The molecule has 1 atom stereocenters. The van der Waals surface area contributed by atoms with Gasteiger partial charge >= 0.3 is 0 Å². The zero-order chi connectivity index (χ0) is 19.2. The fourth-order valence-electron chi connectivity index (χ4n) is 2.36. The van der Waals surface area contributed by atoms with Crippen molar-refractivity contribution in [1.29, 1.82) is 5.26 Å². The van der Waals surface area contributed by atoms with Gasteiger partial charge in [-0.15, -0.1) is 17.9 Å². The van der Waals surface area contributed by atoms with E-state index in [0.717, 1.165) is 0 Å². The average Bonchev–Trinajstić information content (AvgIpc) is 3.16. The summed E-state index contributed by atoms with van der Waals surface area (Å²) in [5, 5.41) is 21.4. The summed E-state index contributed by atoms with van der Waals surface area (Å²) in [5.41, 5.74) is 1.12. The van der Waals surface area contributed by atoms with Crippen LogP contribution < -0.4 is 10.3 Å². The fraction of sp³-hybridized carbons (Fsp3) is 0.211. The Morgan fingerprint density at radius 3 is 2.89 bits per heavy atom. The topological polar surface area (TPSA) is 88.1 Å². The van der Waals surface area contributed by atoms with E-state index in [0.29, 0.717) is 39.0 Å². The van der Waals surface area contributed by atoms with Gasteiger partial charge in [-0.2, -0.15) is 5.26 Å². The summed E-state index contributed by atoms with van der Waals surface area (Å²) in [5.74, 6) is 0.912. The normalized spacial score (nSPS) is 11.9. The Morgan fingerprint density at radius 1 is 1.41 bits per heavy atom. The van der Waals surface area contributed by atoms with Crippen molar-refractivity contribution >= 4 is 33.3 Å². The molecule has 0 aliphatic carbocycles. The van der Waals surface area contributed by atoms with Crippen molar-refractivity contribution in [2.75, 3.05) is 12.4 Å². The van der Waals surface area contributed by atoms with E-state index in [-0.39, 0.29) is 12.2 Å². The summed E-state index contributed by atoms with van der Waals surface area (Å²) < 4.78 is 7.72. The summed E-state index contributed by atoms with van der Waals surface area (Å²) in [6.07, 6.45) is 0.912. The van der Waals surface area contributed by atoms with E-state index in [9.17, 15) is 9.90 Å². The summed E-state index contributed by atoms with van der Waals surface area (Å²) in [6.45, 7) is 4.16. The van der Waals surface area contributed by atoms with Crippen LogP contribution in [0.1, 0.15) is 5.56 Å². The third kappa shape index (κ3) is 4.57. The van der Waals surface area contributed by atoms with Crippen LogP contribution in [0.2, 0.25) is 0 Å². The molecule has 0 amide bonds. The molecule has 6 nitrogen and oxygen atoms in total. The number of ether oxygens (including phenoxy) is 1. The Kier molecular flexibility index (Phi) is 6.29. The highest BCUT2D eigenvalue weighted by Gasteiger charge is 2.14. The second kappa shape index (κ2) is 8.86. The molecule has 1 aromatic carbocycles. The molecule has 3 rings (SSSR count). The Hall–Kier alpha value is -2.60. The number of rotatable bonds is 8. The molecular formula is C19H17N3O3S2. The SMILES string of the molecule is C=CCn1c(SCC(O)COc2ccc(C#N)cc2)nc2ccsc2c1=O. The molecular weight excluding hydrogens is 382 g/mol. The van der Waals surface area contributed by atoms with Gasteiger partial charge in [-0.25, -0.2) is 4.98 Å². The lowest BCUT2D eigenvalue weighted by molar-refractivity contribution is 0.126. The number of aliphatic hydroxyl groups excluding tert-OH is 1. The summed E-state index contributed by atoms with van der Waals surface area (Å²) in [6, 6.07) is 10.5. The first-order chi connectivity index (χ1) is 13.1. The van der Waals surface area contributed by atoms with Crippen molar-refractivity contribution in [3.05, 3.63) is 64.3 Å². The zero-order valence-corrected chi connectivity index (χ0v) is 16.0. The minimum atomic E-state index is -0.738. The van der Waals surface area contributed by atoms with Crippen molar-refractivity contribution in [3.63, 3.8) is 0 Å². The first kappa shape index (κ1) is 19.2. The molecule has 1 unspecified atom stereocenters. The first-order valence-electron chi connectivity index (χ1n) is 8.15. The van der Waals surface area contributed by atoms with E-state index in [1.807, 2.05) is 17.5 Å².